The Balaban J connectivity index is 1.79. The zero-order valence-corrected chi connectivity index (χ0v) is 14.6. The fourth-order valence-electron chi connectivity index (χ4n) is 2.81. The molecule has 1 aliphatic heterocycles. The van der Waals surface area contributed by atoms with Crippen LogP contribution < -0.4 is 9.62 Å². The molecule has 0 radical (unpaired) electrons. The van der Waals surface area contributed by atoms with Crippen LogP contribution in [0.3, 0.4) is 0 Å². The molecule has 1 saturated heterocycles. The summed E-state index contributed by atoms with van der Waals surface area (Å²) in [4.78, 5) is 14.2. The second-order valence-electron chi connectivity index (χ2n) is 5.73. The first kappa shape index (κ1) is 16.2. The summed E-state index contributed by atoms with van der Waals surface area (Å²) in [6.45, 7) is 4.47. The highest BCUT2D eigenvalue weighted by atomic mass is 32.2. The molecule has 1 fully saturated rings. The minimum Gasteiger partial charge on any atom is -0.311 e. The molecule has 0 saturated carbocycles. The molecular formula is C16H18N2O3S2. The number of hydrogen-bond donors (Lipinski definition) is 1. The fraction of sp³-hybridized carbons (Fsp3) is 0.312. The maximum atomic E-state index is 12.6. The minimum absolute atomic E-state index is 0.199. The molecule has 2 aromatic rings. The van der Waals surface area contributed by atoms with Crippen LogP contribution in [0.2, 0.25) is 0 Å². The van der Waals surface area contributed by atoms with E-state index in [0.29, 0.717) is 13.0 Å². The topological polar surface area (TPSA) is 66.5 Å². The predicted octanol–water partition coefficient (Wildman–Crippen LogP) is 2.45. The van der Waals surface area contributed by atoms with Crippen LogP contribution >= 0.6 is 11.3 Å². The van der Waals surface area contributed by atoms with Gasteiger partial charge in [-0.25, -0.2) is 8.42 Å². The van der Waals surface area contributed by atoms with E-state index in [1.54, 1.807) is 16.3 Å². The molecule has 1 amide bonds. The second-order valence-corrected chi connectivity index (χ2v) is 8.62. The van der Waals surface area contributed by atoms with E-state index in [2.05, 4.69) is 4.72 Å². The van der Waals surface area contributed by atoms with E-state index in [0.717, 1.165) is 28.2 Å². The predicted molar refractivity (Wildman–Crippen MR) is 91.3 cm³/mol. The largest absolute Gasteiger partial charge is 0.311 e. The maximum Gasteiger partial charge on any atom is 0.250 e. The van der Waals surface area contributed by atoms with Crippen LogP contribution in [-0.2, 0) is 14.8 Å². The van der Waals surface area contributed by atoms with E-state index < -0.39 is 16.1 Å². The molecule has 1 aromatic heterocycles. The Morgan fingerprint density at radius 3 is 2.52 bits per heavy atom. The SMILES string of the molecule is Cc1cc(C)cc(N2CC[C@@H](NS(=O)(=O)c3cccs3)C2=O)c1. The van der Waals surface area contributed by atoms with Gasteiger partial charge in [-0.1, -0.05) is 12.1 Å². The number of carbonyl (C=O) groups is 1. The fourth-order valence-corrected chi connectivity index (χ4v) is 5.05. The molecule has 2 heterocycles. The highest BCUT2D eigenvalue weighted by Gasteiger charge is 2.36. The number of nitrogens with zero attached hydrogens (tertiary/aromatic N) is 1. The van der Waals surface area contributed by atoms with E-state index in [1.165, 1.54) is 6.07 Å². The van der Waals surface area contributed by atoms with Gasteiger partial charge in [0.1, 0.15) is 10.3 Å². The summed E-state index contributed by atoms with van der Waals surface area (Å²) >= 11 is 1.14. The molecular weight excluding hydrogens is 332 g/mol. The van der Waals surface area contributed by atoms with Gasteiger partial charge in [0, 0.05) is 12.2 Å². The van der Waals surface area contributed by atoms with Crippen molar-refractivity contribution < 1.29 is 13.2 Å². The van der Waals surface area contributed by atoms with Crippen LogP contribution in [-0.4, -0.2) is 26.9 Å². The molecule has 0 unspecified atom stereocenters. The van der Waals surface area contributed by atoms with Crippen molar-refractivity contribution in [1.82, 2.24) is 4.72 Å². The number of aryl methyl sites for hydroxylation is 2. The third-order valence-electron chi connectivity index (χ3n) is 3.78. The first-order valence-electron chi connectivity index (χ1n) is 7.32. The molecule has 122 valence electrons. The summed E-state index contributed by atoms with van der Waals surface area (Å²) in [5.74, 6) is -0.199. The zero-order chi connectivity index (χ0) is 16.6. The molecule has 0 aliphatic carbocycles. The van der Waals surface area contributed by atoms with Gasteiger partial charge in [-0.05, 0) is 55.0 Å². The number of thiophene rings is 1. The van der Waals surface area contributed by atoms with E-state index in [4.69, 9.17) is 0 Å². The summed E-state index contributed by atoms with van der Waals surface area (Å²) in [7, 11) is -3.63. The van der Waals surface area contributed by atoms with Crippen LogP contribution in [0.25, 0.3) is 0 Å². The maximum absolute atomic E-state index is 12.6. The first-order valence-corrected chi connectivity index (χ1v) is 9.68. The monoisotopic (exact) mass is 350 g/mol. The smallest absolute Gasteiger partial charge is 0.250 e. The van der Waals surface area contributed by atoms with E-state index in [-0.39, 0.29) is 10.1 Å². The van der Waals surface area contributed by atoms with Crippen molar-refractivity contribution in [1.29, 1.82) is 0 Å². The van der Waals surface area contributed by atoms with Crippen molar-refractivity contribution in [2.75, 3.05) is 11.4 Å². The summed E-state index contributed by atoms with van der Waals surface area (Å²) in [6, 6.07) is 8.44. The van der Waals surface area contributed by atoms with Gasteiger partial charge in [0.15, 0.2) is 0 Å². The van der Waals surface area contributed by atoms with Crippen LogP contribution in [0, 0.1) is 13.8 Å². The highest BCUT2D eigenvalue weighted by molar-refractivity contribution is 7.91. The average Bonchev–Trinajstić information content (AvgIpc) is 3.09. The standard InChI is InChI=1S/C16H18N2O3S2/c1-11-8-12(2)10-13(9-11)18-6-5-14(16(18)19)17-23(20,21)15-4-3-7-22-15/h3-4,7-10,14,17H,5-6H2,1-2H3/t14-/m1/s1. The Morgan fingerprint density at radius 1 is 1.22 bits per heavy atom. The Hall–Kier alpha value is -1.70. The lowest BCUT2D eigenvalue weighted by molar-refractivity contribution is -0.118. The Bertz CT molecular complexity index is 809. The van der Waals surface area contributed by atoms with Crippen LogP contribution in [0.1, 0.15) is 17.5 Å². The molecule has 1 atom stereocenters. The van der Waals surface area contributed by atoms with Crippen molar-refractivity contribution in [2.24, 2.45) is 0 Å². The van der Waals surface area contributed by atoms with Gasteiger partial charge in [0.2, 0.25) is 5.91 Å². The first-order chi connectivity index (χ1) is 10.9. The summed E-state index contributed by atoms with van der Waals surface area (Å²) in [6.07, 6.45) is 0.469. The molecule has 5 nitrogen and oxygen atoms in total. The minimum atomic E-state index is -3.63. The van der Waals surface area contributed by atoms with Gasteiger partial charge in [0.05, 0.1) is 0 Å². The van der Waals surface area contributed by atoms with Crippen molar-refractivity contribution in [3.63, 3.8) is 0 Å². The Morgan fingerprint density at radius 2 is 1.91 bits per heavy atom. The molecule has 7 heteroatoms. The number of hydrogen-bond acceptors (Lipinski definition) is 4. The van der Waals surface area contributed by atoms with E-state index in [9.17, 15) is 13.2 Å². The van der Waals surface area contributed by atoms with Gasteiger partial charge in [-0.15, -0.1) is 11.3 Å². The number of sulfonamides is 1. The summed E-state index contributed by atoms with van der Waals surface area (Å²) < 4.78 is 27.3. The number of rotatable bonds is 4. The van der Waals surface area contributed by atoms with Gasteiger partial charge in [-0.2, -0.15) is 4.72 Å². The molecule has 3 rings (SSSR count). The lowest BCUT2D eigenvalue weighted by atomic mass is 10.1. The van der Waals surface area contributed by atoms with Gasteiger partial charge in [-0.3, -0.25) is 4.79 Å². The Kier molecular flexibility index (Phi) is 4.27. The van der Waals surface area contributed by atoms with E-state index >= 15 is 0 Å². The third-order valence-corrected chi connectivity index (χ3v) is 6.65. The number of amides is 1. The normalized spacial score (nSPS) is 18.6. The summed E-state index contributed by atoms with van der Waals surface area (Å²) in [5.41, 5.74) is 2.98. The van der Waals surface area contributed by atoms with Gasteiger partial charge < -0.3 is 4.90 Å². The average molecular weight is 350 g/mol. The molecule has 1 N–H and O–H groups in total. The lowest BCUT2D eigenvalue weighted by Gasteiger charge is -2.18. The summed E-state index contributed by atoms with van der Waals surface area (Å²) in [5, 5.41) is 1.70. The van der Waals surface area contributed by atoms with Crippen molar-refractivity contribution >= 4 is 33.0 Å². The third kappa shape index (κ3) is 3.31. The van der Waals surface area contributed by atoms with Crippen molar-refractivity contribution in [3.05, 3.63) is 46.8 Å². The Labute approximate surface area is 140 Å². The number of carbonyl (C=O) groups excluding carboxylic acids is 1. The van der Waals surface area contributed by atoms with Crippen LogP contribution in [0.4, 0.5) is 5.69 Å². The number of anilines is 1. The van der Waals surface area contributed by atoms with E-state index in [1.807, 2.05) is 32.0 Å². The quantitative estimate of drug-likeness (QED) is 0.921. The molecule has 23 heavy (non-hydrogen) atoms. The van der Waals surface area contributed by atoms with Gasteiger partial charge >= 0.3 is 0 Å². The highest BCUT2D eigenvalue weighted by Crippen LogP contribution is 2.25. The number of benzene rings is 1. The zero-order valence-electron chi connectivity index (χ0n) is 12.9. The van der Waals surface area contributed by atoms with Crippen LogP contribution in [0.5, 0.6) is 0 Å². The van der Waals surface area contributed by atoms with Crippen molar-refractivity contribution in [2.45, 2.75) is 30.5 Å². The molecule has 1 aliphatic rings. The lowest BCUT2D eigenvalue weighted by Crippen LogP contribution is -2.41. The second kappa shape index (κ2) is 6.07. The molecule has 0 spiro atoms. The number of nitrogens with one attached hydrogen (secondary N) is 1. The molecule has 1 aromatic carbocycles. The van der Waals surface area contributed by atoms with Crippen LogP contribution in [0.15, 0.2) is 39.9 Å². The molecule has 0 bridgehead atoms. The van der Waals surface area contributed by atoms with Gasteiger partial charge in [0.25, 0.3) is 10.0 Å². The van der Waals surface area contributed by atoms with Crippen molar-refractivity contribution in [3.8, 4) is 0 Å².